The minimum absolute atomic E-state index is 0.346. The van der Waals surface area contributed by atoms with Crippen molar-refractivity contribution in [2.75, 3.05) is 0 Å². The van der Waals surface area contributed by atoms with E-state index in [2.05, 4.69) is 4.72 Å². The molecule has 0 spiro atoms. The Labute approximate surface area is 136 Å². The van der Waals surface area contributed by atoms with Gasteiger partial charge in [0.05, 0.1) is 10.4 Å². The van der Waals surface area contributed by atoms with Crippen LogP contribution in [-0.4, -0.2) is 8.42 Å². The molecule has 3 nitrogen and oxygen atoms in total. The molecule has 0 aromatic heterocycles. The Morgan fingerprint density at radius 3 is 2.23 bits per heavy atom. The van der Waals surface area contributed by atoms with Gasteiger partial charge in [-0.25, -0.2) is 13.1 Å². The monoisotopic (exact) mass is 335 g/mol. The number of hydrogen-bond donors (Lipinski definition) is 1. The van der Waals surface area contributed by atoms with Crippen molar-refractivity contribution in [2.24, 2.45) is 0 Å². The van der Waals surface area contributed by atoms with E-state index < -0.39 is 15.6 Å². The van der Waals surface area contributed by atoms with Gasteiger partial charge in [-0.3, -0.25) is 0 Å². The highest BCUT2D eigenvalue weighted by Gasteiger charge is 2.47. The highest BCUT2D eigenvalue weighted by atomic mass is 35.5. The van der Waals surface area contributed by atoms with E-state index in [0.29, 0.717) is 9.92 Å². The Morgan fingerprint density at radius 1 is 1.05 bits per heavy atom. The summed E-state index contributed by atoms with van der Waals surface area (Å²) in [6.45, 7) is 3.77. The van der Waals surface area contributed by atoms with Gasteiger partial charge in [0.1, 0.15) is 0 Å². The maximum absolute atomic E-state index is 12.7. The second-order valence-corrected chi connectivity index (χ2v) is 8.05. The Morgan fingerprint density at radius 2 is 1.68 bits per heavy atom. The molecular formula is C17H18ClNO2S. The Hall–Kier alpha value is -1.36. The van der Waals surface area contributed by atoms with Crippen molar-refractivity contribution >= 4 is 21.6 Å². The van der Waals surface area contributed by atoms with Gasteiger partial charge in [0.15, 0.2) is 0 Å². The first-order valence-corrected chi connectivity index (χ1v) is 9.06. The van der Waals surface area contributed by atoms with Crippen molar-refractivity contribution < 1.29 is 8.42 Å². The normalized spacial score (nSPS) is 16.5. The van der Waals surface area contributed by atoms with E-state index in [1.54, 1.807) is 18.2 Å². The maximum Gasteiger partial charge on any atom is 0.241 e. The fraction of sp³-hybridized carbons (Fsp3) is 0.294. The lowest BCUT2D eigenvalue weighted by Gasteiger charge is -2.19. The van der Waals surface area contributed by atoms with Crippen LogP contribution in [0.15, 0.2) is 47.4 Å². The van der Waals surface area contributed by atoms with Crippen LogP contribution in [0.5, 0.6) is 0 Å². The van der Waals surface area contributed by atoms with Gasteiger partial charge < -0.3 is 0 Å². The molecule has 1 aliphatic rings. The van der Waals surface area contributed by atoms with Crippen LogP contribution in [0, 0.1) is 13.8 Å². The molecule has 0 heterocycles. The fourth-order valence-corrected chi connectivity index (χ4v) is 4.56. The first-order chi connectivity index (χ1) is 10.3. The minimum Gasteiger partial charge on any atom is -0.207 e. The van der Waals surface area contributed by atoms with Gasteiger partial charge in [-0.05, 0) is 56.0 Å². The van der Waals surface area contributed by atoms with Gasteiger partial charge in [0.2, 0.25) is 10.0 Å². The summed E-state index contributed by atoms with van der Waals surface area (Å²) in [6, 6.07) is 12.7. The second kappa shape index (κ2) is 5.37. The molecule has 2 aromatic carbocycles. The molecule has 0 unspecified atom stereocenters. The summed E-state index contributed by atoms with van der Waals surface area (Å²) in [6.07, 6.45) is 1.61. The zero-order valence-corrected chi connectivity index (χ0v) is 14.1. The van der Waals surface area contributed by atoms with Crippen LogP contribution in [0.1, 0.15) is 29.5 Å². The van der Waals surface area contributed by atoms with Crippen LogP contribution in [0.3, 0.4) is 0 Å². The lowest BCUT2D eigenvalue weighted by molar-refractivity contribution is 0.551. The third kappa shape index (κ3) is 2.91. The summed E-state index contributed by atoms with van der Waals surface area (Å²) in [5.41, 5.74) is 2.29. The van der Waals surface area contributed by atoms with Gasteiger partial charge in [-0.15, -0.1) is 0 Å². The molecule has 5 heteroatoms. The smallest absolute Gasteiger partial charge is 0.207 e. The summed E-state index contributed by atoms with van der Waals surface area (Å²) in [5, 5.41) is 0.650. The molecule has 0 amide bonds. The predicted molar refractivity (Wildman–Crippen MR) is 88.6 cm³/mol. The summed E-state index contributed by atoms with van der Waals surface area (Å²) >= 11 is 5.91. The second-order valence-electron chi connectivity index (χ2n) is 5.96. The fourth-order valence-electron chi connectivity index (χ4n) is 2.76. The summed E-state index contributed by atoms with van der Waals surface area (Å²) in [5.74, 6) is 0. The first kappa shape index (κ1) is 15.5. The Kier molecular flexibility index (Phi) is 3.79. The van der Waals surface area contributed by atoms with Crippen molar-refractivity contribution in [2.45, 2.75) is 37.1 Å². The van der Waals surface area contributed by atoms with Crippen molar-refractivity contribution in [1.29, 1.82) is 0 Å². The zero-order chi connectivity index (χ0) is 16.0. The molecule has 0 radical (unpaired) electrons. The van der Waals surface area contributed by atoms with Crippen molar-refractivity contribution in [3.63, 3.8) is 0 Å². The molecule has 2 aromatic rings. The molecule has 0 atom stereocenters. The number of hydrogen-bond acceptors (Lipinski definition) is 2. The molecule has 1 aliphatic carbocycles. The van der Waals surface area contributed by atoms with E-state index in [9.17, 15) is 8.42 Å². The number of benzene rings is 2. The van der Waals surface area contributed by atoms with Crippen LogP contribution in [0.2, 0.25) is 5.02 Å². The average Bonchev–Trinajstić information content (AvgIpc) is 3.19. The summed E-state index contributed by atoms with van der Waals surface area (Å²) < 4.78 is 28.3. The molecule has 0 aliphatic heterocycles. The highest BCUT2D eigenvalue weighted by molar-refractivity contribution is 7.89. The molecular weight excluding hydrogens is 318 g/mol. The average molecular weight is 336 g/mol. The van der Waals surface area contributed by atoms with E-state index in [0.717, 1.165) is 29.5 Å². The number of halogens is 1. The third-order valence-electron chi connectivity index (χ3n) is 4.10. The van der Waals surface area contributed by atoms with Crippen LogP contribution >= 0.6 is 11.6 Å². The van der Waals surface area contributed by atoms with Crippen LogP contribution < -0.4 is 4.72 Å². The minimum atomic E-state index is -3.54. The van der Waals surface area contributed by atoms with Crippen LogP contribution in [0.4, 0.5) is 0 Å². The van der Waals surface area contributed by atoms with E-state index >= 15 is 0 Å². The SMILES string of the molecule is Cc1ccc(S(=O)(=O)NC2(c3ccc(Cl)cc3)CC2)c(C)c1. The van der Waals surface area contributed by atoms with Crippen LogP contribution in [0.25, 0.3) is 0 Å². The number of nitrogens with one attached hydrogen (secondary N) is 1. The molecule has 1 N–H and O–H groups in total. The predicted octanol–water partition coefficient (Wildman–Crippen LogP) is 3.92. The van der Waals surface area contributed by atoms with E-state index in [4.69, 9.17) is 11.6 Å². The first-order valence-electron chi connectivity index (χ1n) is 7.20. The topological polar surface area (TPSA) is 46.2 Å². The molecule has 116 valence electrons. The molecule has 3 rings (SSSR count). The van der Waals surface area contributed by atoms with Crippen molar-refractivity contribution in [3.8, 4) is 0 Å². The molecule has 1 saturated carbocycles. The van der Waals surface area contributed by atoms with Gasteiger partial charge >= 0.3 is 0 Å². The van der Waals surface area contributed by atoms with Crippen molar-refractivity contribution in [1.82, 2.24) is 4.72 Å². The highest BCUT2D eigenvalue weighted by Crippen LogP contribution is 2.46. The third-order valence-corrected chi connectivity index (χ3v) is 6.05. The quantitative estimate of drug-likeness (QED) is 0.920. The van der Waals surface area contributed by atoms with E-state index in [-0.39, 0.29) is 0 Å². The van der Waals surface area contributed by atoms with Crippen LogP contribution in [-0.2, 0) is 15.6 Å². The Balaban J connectivity index is 1.93. The number of aryl methyl sites for hydroxylation is 2. The lowest BCUT2D eigenvalue weighted by atomic mass is 10.1. The largest absolute Gasteiger partial charge is 0.241 e. The molecule has 1 fully saturated rings. The van der Waals surface area contributed by atoms with Gasteiger partial charge in [-0.1, -0.05) is 41.4 Å². The zero-order valence-electron chi connectivity index (χ0n) is 12.6. The Bertz CT molecular complexity index is 809. The van der Waals surface area contributed by atoms with Gasteiger partial charge in [0.25, 0.3) is 0 Å². The molecule has 0 bridgehead atoms. The standard InChI is InChI=1S/C17H18ClNO2S/c1-12-3-8-16(13(2)11-12)22(20,21)19-17(9-10-17)14-4-6-15(18)7-5-14/h3-8,11,19H,9-10H2,1-2H3. The van der Waals surface area contributed by atoms with Crippen molar-refractivity contribution in [3.05, 3.63) is 64.2 Å². The van der Waals surface area contributed by atoms with E-state index in [1.807, 2.05) is 38.1 Å². The molecule has 0 saturated heterocycles. The van der Waals surface area contributed by atoms with E-state index in [1.165, 1.54) is 0 Å². The number of sulfonamides is 1. The summed E-state index contributed by atoms with van der Waals surface area (Å²) in [4.78, 5) is 0.346. The maximum atomic E-state index is 12.7. The van der Waals surface area contributed by atoms with Gasteiger partial charge in [-0.2, -0.15) is 0 Å². The summed E-state index contributed by atoms with van der Waals surface area (Å²) in [7, 11) is -3.54. The number of rotatable bonds is 4. The molecule has 22 heavy (non-hydrogen) atoms. The lowest BCUT2D eigenvalue weighted by Crippen LogP contribution is -2.35. The van der Waals surface area contributed by atoms with Gasteiger partial charge in [0, 0.05) is 5.02 Å².